The second kappa shape index (κ2) is 7.91. The number of aromatic nitrogens is 1. The molecule has 3 heterocycles. The molecule has 31 heavy (non-hydrogen) atoms. The molecule has 1 N–H and O–H groups in total. The highest BCUT2D eigenvalue weighted by atomic mass is 16.6. The number of hydrogen-bond donors (Lipinski definition) is 1. The molecule has 0 aliphatic carbocycles. The van der Waals surface area contributed by atoms with Gasteiger partial charge in [0.25, 0.3) is 11.8 Å². The van der Waals surface area contributed by atoms with Gasteiger partial charge in [0, 0.05) is 42.7 Å². The molecular weight excluding hydrogens is 394 g/mol. The lowest BCUT2D eigenvalue weighted by atomic mass is 9.99. The van der Waals surface area contributed by atoms with Crippen LogP contribution >= 0.6 is 0 Å². The molecule has 0 spiro atoms. The van der Waals surface area contributed by atoms with Crippen molar-refractivity contribution in [2.75, 3.05) is 33.4 Å². The first-order valence-corrected chi connectivity index (χ1v) is 10.4. The average Bonchev–Trinajstić information content (AvgIpc) is 3.32. The first-order chi connectivity index (χ1) is 15.1. The van der Waals surface area contributed by atoms with E-state index < -0.39 is 0 Å². The Labute approximate surface area is 180 Å². The van der Waals surface area contributed by atoms with Crippen molar-refractivity contribution in [2.45, 2.75) is 12.3 Å². The summed E-state index contributed by atoms with van der Waals surface area (Å²) in [5.74, 6) is 1.19. The highest BCUT2D eigenvalue weighted by Gasteiger charge is 2.30. The van der Waals surface area contributed by atoms with Crippen LogP contribution in [0.15, 0.2) is 48.5 Å². The number of carbonyl (C=O) groups excluding carboxylic acids is 2. The molecule has 2 aliphatic heterocycles. The predicted molar refractivity (Wildman–Crippen MR) is 116 cm³/mol. The van der Waals surface area contributed by atoms with Crippen LogP contribution in [0.4, 0.5) is 0 Å². The Morgan fingerprint density at radius 1 is 1.06 bits per heavy atom. The van der Waals surface area contributed by atoms with Gasteiger partial charge in [0.2, 0.25) is 0 Å². The third kappa shape index (κ3) is 3.56. The number of hydrogen-bond acceptors (Lipinski definition) is 5. The van der Waals surface area contributed by atoms with Gasteiger partial charge in [-0.05, 0) is 36.8 Å². The summed E-state index contributed by atoms with van der Waals surface area (Å²) in [7, 11) is 1.63. The quantitative estimate of drug-likeness (QED) is 0.709. The fraction of sp³-hybridized carbons (Fsp3) is 0.292. The van der Waals surface area contributed by atoms with E-state index in [9.17, 15) is 9.59 Å². The normalized spacial score (nSPS) is 17.6. The van der Waals surface area contributed by atoms with E-state index in [2.05, 4.69) is 5.32 Å². The minimum Gasteiger partial charge on any atom is -0.486 e. The lowest BCUT2D eigenvalue weighted by Gasteiger charge is -2.21. The molecule has 3 aromatic rings. The molecule has 7 nitrogen and oxygen atoms in total. The number of nitrogens with one attached hydrogen (secondary N) is 1. The van der Waals surface area contributed by atoms with Crippen LogP contribution in [0.25, 0.3) is 10.9 Å². The van der Waals surface area contributed by atoms with Crippen molar-refractivity contribution in [1.82, 2.24) is 15.2 Å². The van der Waals surface area contributed by atoms with Gasteiger partial charge in [-0.1, -0.05) is 18.2 Å². The van der Waals surface area contributed by atoms with E-state index in [1.165, 1.54) is 0 Å². The maximum Gasteiger partial charge on any atom is 0.254 e. The van der Waals surface area contributed by atoms with Gasteiger partial charge >= 0.3 is 0 Å². The van der Waals surface area contributed by atoms with E-state index in [0.717, 1.165) is 23.0 Å². The van der Waals surface area contributed by atoms with Gasteiger partial charge in [0.15, 0.2) is 11.5 Å². The summed E-state index contributed by atoms with van der Waals surface area (Å²) in [5.41, 5.74) is 2.83. The van der Waals surface area contributed by atoms with E-state index in [0.29, 0.717) is 48.9 Å². The number of ether oxygens (including phenoxy) is 2. The molecule has 2 aliphatic rings. The SMILES string of the molecule is CNC(=O)c1cc([C@@H]2CCN(C(=O)c3ccc4c(c3)OCCO4)C2)nc2ccccc12. The summed E-state index contributed by atoms with van der Waals surface area (Å²) in [6, 6.07) is 14.8. The van der Waals surface area contributed by atoms with Crippen LogP contribution in [0.1, 0.15) is 38.7 Å². The lowest BCUT2D eigenvalue weighted by Crippen LogP contribution is -2.28. The summed E-state index contributed by atoms with van der Waals surface area (Å²) in [6.07, 6.45) is 0.800. The van der Waals surface area contributed by atoms with E-state index in [4.69, 9.17) is 14.5 Å². The minimum atomic E-state index is -0.137. The molecule has 5 rings (SSSR count). The molecule has 1 atom stereocenters. The van der Waals surface area contributed by atoms with Crippen LogP contribution in [0.3, 0.4) is 0 Å². The minimum absolute atomic E-state index is 0.0354. The number of pyridine rings is 1. The van der Waals surface area contributed by atoms with Gasteiger partial charge < -0.3 is 19.7 Å². The highest BCUT2D eigenvalue weighted by molar-refractivity contribution is 6.06. The molecule has 158 valence electrons. The van der Waals surface area contributed by atoms with Crippen molar-refractivity contribution in [3.63, 3.8) is 0 Å². The van der Waals surface area contributed by atoms with Crippen LogP contribution in [0, 0.1) is 0 Å². The smallest absolute Gasteiger partial charge is 0.254 e. The van der Waals surface area contributed by atoms with E-state index in [1.807, 2.05) is 35.2 Å². The van der Waals surface area contributed by atoms with Gasteiger partial charge in [0.05, 0.1) is 11.1 Å². The molecule has 2 amide bonds. The molecule has 2 aromatic carbocycles. The van der Waals surface area contributed by atoms with E-state index in [-0.39, 0.29) is 17.7 Å². The Kier molecular flexibility index (Phi) is 4.94. The fourth-order valence-corrected chi connectivity index (χ4v) is 4.27. The van der Waals surface area contributed by atoms with Crippen LogP contribution < -0.4 is 14.8 Å². The van der Waals surface area contributed by atoms with Crippen molar-refractivity contribution in [1.29, 1.82) is 0 Å². The molecule has 0 saturated carbocycles. The largest absolute Gasteiger partial charge is 0.486 e. The van der Waals surface area contributed by atoms with Gasteiger partial charge in [0.1, 0.15) is 13.2 Å². The molecule has 1 saturated heterocycles. The number of nitrogens with zero attached hydrogens (tertiary/aromatic N) is 2. The lowest BCUT2D eigenvalue weighted by molar-refractivity contribution is 0.0789. The Bertz CT molecular complexity index is 1180. The number of benzene rings is 2. The molecule has 0 radical (unpaired) electrons. The van der Waals surface area contributed by atoms with Gasteiger partial charge in [-0.3, -0.25) is 14.6 Å². The van der Waals surface area contributed by atoms with Crippen molar-refractivity contribution in [3.05, 3.63) is 65.4 Å². The first kappa shape index (κ1) is 19.4. The zero-order valence-electron chi connectivity index (χ0n) is 17.3. The second-order valence-corrected chi connectivity index (χ2v) is 7.79. The standard InChI is InChI=1S/C24H23N3O4/c1-25-23(28)18-13-20(26-19-5-3-2-4-17(18)19)16-8-9-27(14-16)24(29)15-6-7-21-22(12-15)31-11-10-30-21/h2-7,12-13,16H,8-11,14H2,1H3,(H,25,28)/t16-/m1/s1. The van der Waals surface area contributed by atoms with E-state index in [1.54, 1.807) is 25.2 Å². The molecule has 0 unspecified atom stereocenters. The second-order valence-electron chi connectivity index (χ2n) is 7.79. The Morgan fingerprint density at radius 3 is 2.71 bits per heavy atom. The zero-order valence-corrected chi connectivity index (χ0v) is 17.3. The van der Waals surface area contributed by atoms with Crippen molar-refractivity contribution < 1.29 is 19.1 Å². The number of fused-ring (bicyclic) bond motifs is 2. The van der Waals surface area contributed by atoms with Crippen LogP contribution in [0.2, 0.25) is 0 Å². The Morgan fingerprint density at radius 2 is 1.87 bits per heavy atom. The van der Waals surface area contributed by atoms with Crippen LogP contribution in [-0.4, -0.2) is 55.0 Å². The number of rotatable bonds is 3. The molecule has 1 aromatic heterocycles. The summed E-state index contributed by atoms with van der Waals surface area (Å²) < 4.78 is 11.2. The number of amides is 2. The fourth-order valence-electron chi connectivity index (χ4n) is 4.27. The van der Waals surface area contributed by atoms with Gasteiger partial charge in [-0.15, -0.1) is 0 Å². The summed E-state index contributed by atoms with van der Waals surface area (Å²) in [4.78, 5) is 32.2. The monoisotopic (exact) mass is 417 g/mol. The Hall–Kier alpha value is -3.61. The average molecular weight is 417 g/mol. The van der Waals surface area contributed by atoms with Gasteiger partial charge in [-0.2, -0.15) is 0 Å². The third-order valence-corrected chi connectivity index (χ3v) is 5.89. The van der Waals surface area contributed by atoms with Crippen molar-refractivity contribution >= 4 is 22.7 Å². The highest BCUT2D eigenvalue weighted by Crippen LogP contribution is 2.33. The van der Waals surface area contributed by atoms with Crippen LogP contribution in [0.5, 0.6) is 11.5 Å². The maximum atomic E-state index is 13.1. The molecular formula is C24H23N3O4. The first-order valence-electron chi connectivity index (χ1n) is 10.4. The maximum absolute atomic E-state index is 13.1. The van der Waals surface area contributed by atoms with Crippen molar-refractivity contribution in [3.8, 4) is 11.5 Å². The number of likely N-dealkylation sites (tertiary alicyclic amines) is 1. The number of para-hydroxylation sites is 1. The summed E-state index contributed by atoms with van der Waals surface area (Å²) in [5, 5.41) is 3.54. The topological polar surface area (TPSA) is 80.8 Å². The zero-order chi connectivity index (χ0) is 21.4. The molecule has 1 fully saturated rings. The third-order valence-electron chi connectivity index (χ3n) is 5.89. The summed E-state index contributed by atoms with van der Waals surface area (Å²) in [6.45, 7) is 2.20. The van der Waals surface area contributed by atoms with Crippen molar-refractivity contribution in [2.24, 2.45) is 0 Å². The van der Waals surface area contributed by atoms with Crippen LogP contribution in [-0.2, 0) is 0 Å². The predicted octanol–water partition coefficient (Wildman–Crippen LogP) is 3.00. The Balaban J connectivity index is 1.40. The van der Waals surface area contributed by atoms with Gasteiger partial charge in [-0.25, -0.2) is 0 Å². The van der Waals surface area contributed by atoms with E-state index >= 15 is 0 Å². The summed E-state index contributed by atoms with van der Waals surface area (Å²) >= 11 is 0. The molecule has 7 heteroatoms. The molecule has 0 bridgehead atoms. The number of carbonyl (C=O) groups is 2.